The van der Waals surface area contributed by atoms with E-state index >= 15 is 0 Å². The van der Waals surface area contributed by atoms with Crippen LogP contribution >= 0.6 is 0 Å². The number of ether oxygens (including phenoxy) is 3. The molecule has 0 bridgehead atoms. The average Bonchev–Trinajstić information content (AvgIpc) is 3.29. The van der Waals surface area contributed by atoms with E-state index in [9.17, 15) is 9.90 Å². The number of hydrogen-bond acceptors (Lipinski definition) is 6. The van der Waals surface area contributed by atoms with Gasteiger partial charge in [-0.25, -0.2) is 0 Å². The van der Waals surface area contributed by atoms with Crippen molar-refractivity contribution in [3.05, 3.63) is 72.8 Å². The standard InChI is InChI=1S/C35H50O6Si/c1-35(2,3)42(27-17-9-7-10-18-27,28-19-11-8-12-20-28)40-26-30-29(21-13-5-6-14-22-33(37)38-4)31(36)25-32(30)41-34-23-15-16-24-39-34/h5,7-13,17-20,29-32,34,36H,6,14-16,21-26H2,1-4H3/b13-5-/t29-,30-,31+,32-,34?/m1/s1. The quantitative estimate of drug-likeness (QED) is 0.138. The molecule has 0 radical (unpaired) electrons. The van der Waals surface area contributed by atoms with Gasteiger partial charge in [0.2, 0.25) is 0 Å². The molecule has 1 saturated heterocycles. The first-order valence-corrected chi connectivity index (χ1v) is 17.6. The number of aliphatic hydroxyl groups is 1. The van der Waals surface area contributed by atoms with E-state index in [1.54, 1.807) is 0 Å². The van der Waals surface area contributed by atoms with Crippen LogP contribution in [0.4, 0.5) is 0 Å². The predicted octanol–water partition coefficient (Wildman–Crippen LogP) is 5.76. The minimum Gasteiger partial charge on any atom is -0.469 e. The highest BCUT2D eigenvalue weighted by atomic mass is 28.4. The van der Waals surface area contributed by atoms with Gasteiger partial charge in [0.25, 0.3) is 8.32 Å². The Bertz CT molecular complexity index is 1070. The predicted molar refractivity (Wildman–Crippen MR) is 169 cm³/mol. The summed E-state index contributed by atoms with van der Waals surface area (Å²) in [5.41, 5.74) is 0. The number of carbonyl (C=O) groups excluding carboxylic acids is 1. The maximum Gasteiger partial charge on any atom is 0.305 e. The van der Waals surface area contributed by atoms with Crippen molar-refractivity contribution in [2.75, 3.05) is 20.3 Å². The van der Waals surface area contributed by atoms with Gasteiger partial charge in [-0.1, -0.05) is 93.6 Å². The highest BCUT2D eigenvalue weighted by Gasteiger charge is 2.52. The highest BCUT2D eigenvalue weighted by molar-refractivity contribution is 6.99. The van der Waals surface area contributed by atoms with Crippen LogP contribution < -0.4 is 10.4 Å². The summed E-state index contributed by atoms with van der Waals surface area (Å²) in [5, 5.41) is 13.7. The largest absolute Gasteiger partial charge is 0.469 e. The van der Waals surface area contributed by atoms with Crippen LogP contribution in [0.15, 0.2) is 72.8 Å². The van der Waals surface area contributed by atoms with Gasteiger partial charge >= 0.3 is 5.97 Å². The van der Waals surface area contributed by atoms with Gasteiger partial charge in [0.1, 0.15) is 0 Å². The first-order valence-electron chi connectivity index (χ1n) is 15.7. The molecule has 0 amide bonds. The fourth-order valence-corrected chi connectivity index (χ4v) is 11.3. The molecule has 5 atom stereocenters. The SMILES string of the molecule is COC(=O)CCC/C=C\C[C@@H]1[C@@H](CO[Si](c2ccccc2)(c2ccccc2)C(C)(C)C)[C@H](OC2CCCCO2)C[C@@H]1O. The third-order valence-corrected chi connectivity index (χ3v) is 13.9. The number of carbonyl (C=O) groups is 1. The third kappa shape index (κ3) is 8.00. The van der Waals surface area contributed by atoms with Crippen LogP contribution in [0.3, 0.4) is 0 Å². The molecule has 0 spiro atoms. The summed E-state index contributed by atoms with van der Waals surface area (Å²) in [6, 6.07) is 21.4. The van der Waals surface area contributed by atoms with Crippen molar-refractivity contribution in [1.82, 2.24) is 0 Å². The molecule has 1 saturated carbocycles. The van der Waals surface area contributed by atoms with Gasteiger partial charge in [-0.15, -0.1) is 0 Å². The van der Waals surface area contributed by atoms with Crippen LogP contribution in [0.1, 0.15) is 72.1 Å². The smallest absolute Gasteiger partial charge is 0.305 e. The van der Waals surface area contributed by atoms with Crippen LogP contribution in [-0.4, -0.2) is 58.2 Å². The van der Waals surface area contributed by atoms with E-state index < -0.39 is 14.4 Å². The van der Waals surface area contributed by atoms with E-state index in [2.05, 4.69) is 93.6 Å². The lowest BCUT2D eigenvalue weighted by molar-refractivity contribution is -0.197. The van der Waals surface area contributed by atoms with Crippen LogP contribution in [0.2, 0.25) is 5.04 Å². The third-order valence-electron chi connectivity index (χ3n) is 8.92. The number of methoxy groups -OCH3 is 1. The number of esters is 1. The van der Waals surface area contributed by atoms with Crippen molar-refractivity contribution in [2.24, 2.45) is 11.8 Å². The summed E-state index contributed by atoms with van der Waals surface area (Å²) in [6.45, 7) is 8.10. The molecule has 1 aliphatic heterocycles. The Kier molecular flexibility index (Phi) is 12.0. The fraction of sp³-hybridized carbons (Fsp3) is 0.571. The molecule has 230 valence electrons. The Morgan fingerprint density at radius 2 is 1.67 bits per heavy atom. The monoisotopic (exact) mass is 594 g/mol. The molecule has 1 N–H and O–H groups in total. The minimum absolute atomic E-state index is 0.00802. The maximum atomic E-state index is 11.5. The van der Waals surface area contributed by atoms with Crippen LogP contribution in [0, 0.1) is 11.8 Å². The summed E-state index contributed by atoms with van der Waals surface area (Å²) < 4.78 is 24.7. The Balaban J connectivity index is 1.59. The molecule has 1 unspecified atom stereocenters. The zero-order valence-electron chi connectivity index (χ0n) is 25.9. The van der Waals surface area contributed by atoms with Gasteiger partial charge in [-0.3, -0.25) is 4.79 Å². The topological polar surface area (TPSA) is 74.2 Å². The number of rotatable bonds is 13. The van der Waals surface area contributed by atoms with Crippen molar-refractivity contribution in [2.45, 2.75) is 95.7 Å². The Morgan fingerprint density at radius 1 is 1.00 bits per heavy atom. The zero-order valence-corrected chi connectivity index (χ0v) is 26.9. The molecular formula is C35H50O6Si. The number of hydrogen-bond donors (Lipinski definition) is 1. The summed E-state index contributed by atoms with van der Waals surface area (Å²) in [6.07, 6.45) is 9.77. The molecule has 42 heavy (non-hydrogen) atoms. The summed E-state index contributed by atoms with van der Waals surface area (Å²) >= 11 is 0. The van der Waals surface area contributed by atoms with Crippen molar-refractivity contribution >= 4 is 24.7 Å². The van der Waals surface area contributed by atoms with E-state index in [4.69, 9.17) is 18.6 Å². The van der Waals surface area contributed by atoms with Crippen LogP contribution in [0.5, 0.6) is 0 Å². The Morgan fingerprint density at radius 3 is 2.24 bits per heavy atom. The van der Waals surface area contributed by atoms with Crippen molar-refractivity contribution in [1.29, 1.82) is 0 Å². The second-order valence-corrected chi connectivity index (χ2v) is 17.1. The van der Waals surface area contributed by atoms with Gasteiger partial charge in [-0.05, 0) is 59.9 Å². The average molecular weight is 595 g/mol. The Hall–Kier alpha value is -2.29. The molecule has 0 aromatic heterocycles. The molecule has 2 aliphatic rings. The normalized spacial score (nSPS) is 25.1. The highest BCUT2D eigenvalue weighted by Crippen LogP contribution is 2.42. The number of benzene rings is 2. The van der Waals surface area contributed by atoms with Crippen molar-refractivity contribution < 1.29 is 28.5 Å². The van der Waals surface area contributed by atoms with Gasteiger partial charge in [0.15, 0.2) is 6.29 Å². The summed E-state index contributed by atoms with van der Waals surface area (Å²) in [7, 11) is -1.32. The van der Waals surface area contributed by atoms with Gasteiger partial charge < -0.3 is 23.7 Å². The summed E-state index contributed by atoms with van der Waals surface area (Å²) in [5.74, 6) is -0.152. The van der Waals surface area contributed by atoms with E-state index in [-0.39, 0.29) is 35.2 Å². The molecule has 2 aromatic rings. The lowest BCUT2D eigenvalue weighted by Gasteiger charge is -2.44. The van der Waals surface area contributed by atoms with E-state index in [1.807, 2.05) is 0 Å². The molecule has 1 heterocycles. The lowest BCUT2D eigenvalue weighted by atomic mass is 9.91. The first kappa shape index (κ1) is 32.6. The van der Waals surface area contributed by atoms with Crippen LogP contribution in [-0.2, 0) is 23.4 Å². The van der Waals surface area contributed by atoms with E-state index in [0.717, 1.165) is 45.1 Å². The molecule has 2 aromatic carbocycles. The molecule has 2 fully saturated rings. The molecule has 6 nitrogen and oxygen atoms in total. The molecular weight excluding hydrogens is 544 g/mol. The van der Waals surface area contributed by atoms with Gasteiger partial charge in [0.05, 0.1) is 19.3 Å². The molecule has 4 rings (SSSR count). The second-order valence-electron chi connectivity index (χ2n) is 12.8. The molecule has 1 aliphatic carbocycles. The van der Waals surface area contributed by atoms with Gasteiger partial charge in [-0.2, -0.15) is 0 Å². The minimum atomic E-state index is -2.74. The Labute approximate surface area is 253 Å². The summed E-state index contributed by atoms with van der Waals surface area (Å²) in [4.78, 5) is 11.5. The fourth-order valence-electron chi connectivity index (χ4n) is 6.70. The second kappa shape index (κ2) is 15.4. The van der Waals surface area contributed by atoms with E-state index in [0.29, 0.717) is 19.4 Å². The van der Waals surface area contributed by atoms with Crippen molar-refractivity contribution in [3.8, 4) is 0 Å². The first-order chi connectivity index (χ1) is 20.3. The van der Waals surface area contributed by atoms with Crippen LogP contribution in [0.25, 0.3) is 0 Å². The number of aliphatic hydroxyl groups excluding tert-OH is 1. The van der Waals surface area contributed by atoms with E-state index in [1.165, 1.54) is 17.5 Å². The maximum absolute atomic E-state index is 11.5. The number of allylic oxidation sites excluding steroid dienone is 2. The zero-order chi connectivity index (χ0) is 30.0. The van der Waals surface area contributed by atoms with Gasteiger partial charge in [0, 0.05) is 32.0 Å². The van der Waals surface area contributed by atoms with Crippen molar-refractivity contribution in [3.63, 3.8) is 0 Å². The number of unbranched alkanes of at least 4 members (excludes halogenated alkanes) is 1. The lowest BCUT2D eigenvalue weighted by Crippen LogP contribution is -2.67. The molecule has 7 heteroatoms.